The lowest BCUT2D eigenvalue weighted by atomic mass is 10.2. The van der Waals surface area contributed by atoms with Gasteiger partial charge in [-0.3, -0.25) is 10.1 Å². The second-order valence-electron chi connectivity index (χ2n) is 4.72. The molecule has 2 aromatic heterocycles. The predicted octanol–water partition coefficient (Wildman–Crippen LogP) is 2.81. The van der Waals surface area contributed by atoms with Crippen molar-refractivity contribution in [3.63, 3.8) is 0 Å². The molecule has 0 radical (unpaired) electrons. The van der Waals surface area contributed by atoms with Gasteiger partial charge in [0.2, 0.25) is 5.89 Å². The molecule has 1 fully saturated rings. The van der Waals surface area contributed by atoms with Crippen molar-refractivity contribution in [2.45, 2.75) is 18.8 Å². The van der Waals surface area contributed by atoms with Gasteiger partial charge in [0.1, 0.15) is 0 Å². The highest BCUT2D eigenvalue weighted by Gasteiger charge is 2.29. The Morgan fingerprint density at radius 1 is 1.40 bits per heavy atom. The van der Waals surface area contributed by atoms with E-state index >= 15 is 0 Å². The number of benzene rings is 1. The molecule has 1 aliphatic carbocycles. The van der Waals surface area contributed by atoms with Crippen molar-refractivity contribution in [2.75, 3.05) is 5.32 Å². The third kappa shape index (κ3) is 2.05. The van der Waals surface area contributed by atoms with Crippen LogP contribution in [0.3, 0.4) is 0 Å². The molecule has 6 nitrogen and oxygen atoms in total. The fraction of sp³-hybridized carbons (Fsp3) is 0.231. The topological polar surface area (TPSA) is 80.9 Å². The number of hydrogen-bond acceptors (Lipinski definition) is 6. The summed E-state index contributed by atoms with van der Waals surface area (Å²) in [6.45, 7) is 0. The molecule has 4 rings (SSSR count). The molecule has 1 saturated carbocycles. The molecule has 3 aromatic rings. The highest BCUT2D eigenvalue weighted by molar-refractivity contribution is 7.16. The molecule has 2 heterocycles. The van der Waals surface area contributed by atoms with Crippen LogP contribution in [-0.4, -0.2) is 21.0 Å². The summed E-state index contributed by atoms with van der Waals surface area (Å²) in [7, 11) is 0. The smallest absolute Gasteiger partial charge is 0.270 e. The first-order valence-electron chi connectivity index (χ1n) is 6.28. The van der Waals surface area contributed by atoms with Gasteiger partial charge < -0.3 is 4.52 Å². The predicted molar refractivity (Wildman–Crippen MR) is 73.8 cm³/mol. The SMILES string of the molecule is O=C(Nc1noc(C2CC2)n1)c1ccc2ncsc2c1. The molecule has 0 atom stereocenters. The summed E-state index contributed by atoms with van der Waals surface area (Å²) in [6.07, 6.45) is 2.16. The number of rotatable bonds is 3. The van der Waals surface area contributed by atoms with Gasteiger partial charge in [0.05, 0.1) is 15.7 Å². The third-order valence-corrected chi connectivity index (χ3v) is 3.98. The van der Waals surface area contributed by atoms with E-state index in [1.54, 1.807) is 11.6 Å². The molecule has 0 bridgehead atoms. The first-order chi connectivity index (χ1) is 9.79. The van der Waals surface area contributed by atoms with Crippen molar-refractivity contribution in [1.82, 2.24) is 15.1 Å². The van der Waals surface area contributed by atoms with Crippen LogP contribution < -0.4 is 5.32 Å². The van der Waals surface area contributed by atoms with Gasteiger partial charge in [-0.2, -0.15) is 4.98 Å². The lowest BCUT2D eigenvalue weighted by Gasteiger charge is -2.00. The van der Waals surface area contributed by atoms with E-state index in [0.717, 1.165) is 23.1 Å². The van der Waals surface area contributed by atoms with Gasteiger partial charge in [0.15, 0.2) is 0 Å². The molecule has 1 N–H and O–H groups in total. The van der Waals surface area contributed by atoms with Crippen molar-refractivity contribution in [2.24, 2.45) is 0 Å². The van der Waals surface area contributed by atoms with E-state index in [2.05, 4.69) is 20.4 Å². The zero-order chi connectivity index (χ0) is 13.5. The number of thiazole rings is 1. The molecule has 1 amide bonds. The summed E-state index contributed by atoms with van der Waals surface area (Å²) in [4.78, 5) is 20.5. The molecule has 20 heavy (non-hydrogen) atoms. The Balaban J connectivity index is 1.55. The maximum atomic E-state index is 12.1. The summed E-state index contributed by atoms with van der Waals surface area (Å²) in [6, 6.07) is 5.37. The van der Waals surface area contributed by atoms with Gasteiger partial charge in [-0.05, 0) is 36.2 Å². The number of nitrogens with one attached hydrogen (secondary N) is 1. The number of carbonyl (C=O) groups is 1. The zero-order valence-electron chi connectivity index (χ0n) is 10.4. The molecule has 1 aliphatic rings. The molecular weight excluding hydrogens is 276 g/mol. The molecule has 0 spiro atoms. The lowest BCUT2D eigenvalue weighted by molar-refractivity contribution is 0.102. The number of amides is 1. The average molecular weight is 286 g/mol. The van der Waals surface area contributed by atoms with Crippen molar-refractivity contribution in [1.29, 1.82) is 0 Å². The highest BCUT2D eigenvalue weighted by atomic mass is 32.1. The first kappa shape index (κ1) is 11.5. The van der Waals surface area contributed by atoms with Crippen LogP contribution in [0.4, 0.5) is 5.95 Å². The van der Waals surface area contributed by atoms with E-state index in [-0.39, 0.29) is 11.9 Å². The fourth-order valence-electron chi connectivity index (χ4n) is 1.95. The third-order valence-electron chi connectivity index (χ3n) is 3.19. The van der Waals surface area contributed by atoms with Crippen LogP contribution in [0.1, 0.15) is 35.0 Å². The van der Waals surface area contributed by atoms with Crippen molar-refractivity contribution in [3.05, 3.63) is 35.2 Å². The van der Waals surface area contributed by atoms with Gasteiger partial charge in [0, 0.05) is 11.5 Å². The summed E-state index contributed by atoms with van der Waals surface area (Å²) >= 11 is 1.50. The summed E-state index contributed by atoms with van der Waals surface area (Å²) in [5.41, 5.74) is 3.20. The monoisotopic (exact) mass is 286 g/mol. The maximum absolute atomic E-state index is 12.1. The Labute approximate surface area is 117 Å². The number of hydrogen-bond donors (Lipinski definition) is 1. The molecule has 0 unspecified atom stereocenters. The number of carbonyl (C=O) groups excluding carboxylic acids is 1. The minimum Gasteiger partial charge on any atom is -0.337 e. The van der Waals surface area contributed by atoms with Crippen LogP contribution in [0, 0.1) is 0 Å². The second kappa shape index (κ2) is 4.38. The molecule has 0 saturated heterocycles. The number of anilines is 1. The van der Waals surface area contributed by atoms with Gasteiger partial charge >= 0.3 is 0 Å². The maximum Gasteiger partial charge on any atom is 0.270 e. The van der Waals surface area contributed by atoms with E-state index < -0.39 is 0 Å². The van der Waals surface area contributed by atoms with Crippen molar-refractivity contribution < 1.29 is 9.32 Å². The second-order valence-corrected chi connectivity index (χ2v) is 5.61. The summed E-state index contributed by atoms with van der Waals surface area (Å²) < 4.78 is 6.08. The Morgan fingerprint density at radius 2 is 2.30 bits per heavy atom. The van der Waals surface area contributed by atoms with E-state index in [1.807, 2.05) is 12.1 Å². The minimum atomic E-state index is -0.247. The standard InChI is InChI=1S/C13H10N4O2S/c18-11(8-3-4-9-10(5-8)20-6-14-9)15-13-16-12(19-17-13)7-1-2-7/h3-7H,1-2H2,(H,15,17,18). The van der Waals surface area contributed by atoms with E-state index in [9.17, 15) is 4.79 Å². The van der Waals surface area contributed by atoms with Crippen LogP contribution in [0.2, 0.25) is 0 Å². The summed E-state index contributed by atoms with van der Waals surface area (Å²) in [5, 5.41) is 6.41. The molecule has 0 aliphatic heterocycles. The van der Waals surface area contributed by atoms with Gasteiger partial charge in [-0.25, -0.2) is 4.98 Å². The van der Waals surface area contributed by atoms with Crippen LogP contribution >= 0.6 is 11.3 Å². The quantitative estimate of drug-likeness (QED) is 0.800. The fourth-order valence-corrected chi connectivity index (χ4v) is 2.67. The Bertz CT molecular complexity index is 790. The van der Waals surface area contributed by atoms with Crippen LogP contribution in [0.5, 0.6) is 0 Å². The highest BCUT2D eigenvalue weighted by Crippen LogP contribution is 2.39. The van der Waals surface area contributed by atoms with E-state index in [4.69, 9.17) is 4.52 Å². The average Bonchev–Trinajstić information content (AvgIpc) is 3.02. The molecular formula is C13H10N4O2S. The van der Waals surface area contributed by atoms with Crippen LogP contribution in [0.15, 0.2) is 28.2 Å². The van der Waals surface area contributed by atoms with Crippen LogP contribution in [-0.2, 0) is 0 Å². The lowest BCUT2D eigenvalue weighted by Crippen LogP contribution is -2.12. The van der Waals surface area contributed by atoms with Crippen LogP contribution in [0.25, 0.3) is 10.2 Å². The first-order valence-corrected chi connectivity index (χ1v) is 7.16. The van der Waals surface area contributed by atoms with Crippen molar-refractivity contribution in [3.8, 4) is 0 Å². The van der Waals surface area contributed by atoms with E-state index in [0.29, 0.717) is 17.4 Å². The molecule has 7 heteroatoms. The molecule has 100 valence electrons. The van der Waals surface area contributed by atoms with Gasteiger partial charge in [0.25, 0.3) is 11.9 Å². The van der Waals surface area contributed by atoms with Gasteiger partial charge in [-0.1, -0.05) is 0 Å². The number of fused-ring (bicyclic) bond motifs is 1. The Hall–Kier alpha value is -2.28. The van der Waals surface area contributed by atoms with E-state index in [1.165, 1.54) is 11.3 Å². The molecule has 1 aromatic carbocycles. The number of aromatic nitrogens is 3. The Morgan fingerprint density at radius 3 is 3.15 bits per heavy atom. The summed E-state index contributed by atoms with van der Waals surface area (Å²) in [5.74, 6) is 0.963. The normalized spacial score (nSPS) is 14.6. The van der Waals surface area contributed by atoms with Crippen molar-refractivity contribution >= 4 is 33.4 Å². The number of nitrogens with zero attached hydrogens (tertiary/aromatic N) is 3. The Kier molecular flexibility index (Phi) is 2.53. The zero-order valence-corrected chi connectivity index (χ0v) is 11.2. The van der Waals surface area contributed by atoms with Gasteiger partial charge in [-0.15, -0.1) is 11.3 Å². The minimum absolute atomic E-state index is 0.223. The largest absolute Gasteiger partial charge is 0.337 e.